The minimum absolute atomic E-state index is 0.143. The molecule has 1 aromatic carbocycles. The van der Waals surface area contributed by atoms with Crippen molar-refractivity contribution in [2.45, 2.75) is 6.42 Å². The Hall–Kier alpha value is -3.41. The van der Waals surface area contributed by atoms with Gasteiger partial charge in [0.05, 0.1) is 24.2 Å². The number of methoxy groups -OCH3 is 1. The van der Waals surface area contributed by atoms with Crippen LogP contribution in [0.2, 0.25) is 0 Å². The van der Waals surface area contributed by atoms with E-state index in [1.165, 1.54) is 4.52 Å². The lowest BCUT2D eigenvalue weighted by atomic mass is 10.1. The molecule has 0 amide bonds. The van der Waals surface area contributed by atoms with Crippen molar-refractivity contribution in [1.82, 2.24) is 19.6 Å². The SMILES string of the molecule is COc1ccc(Cc2cc(=O)n3[nH]c(-c4ccccn4)cc3n2)cc1. The van der Waals surface area contributed by atoms with Crippen molar-refractivity contribution in [2.75, 3.05) is 7.11 Å². The summed E-state index contributed by atoms with van der Waals surface area (Å²) in [6.07, 6.45) is 2.30. The summed E-state index contributed by atoms with van der Waals surface area (Å²) in [7, 11) is 1.64. The Morgan fingerprint density at radius 2 is 1.96 bits per heavy atom. The van der Waals surface area contributed by atoms with E-state index in [1.54, 1.807) is 19.4 Å². The van der Waals surface area contributed by atoms with Crippen LogP contribution in [0.5, 0.6) is 5.75 Å². The first-order valence-corrected chi connectivity index (χ1v) is 7.89. The second kappa shape index (κ2) is 6.24. The topological polar surface area (TPSA) is 72.3 Å². The molecule has 3 heterocycles. The Morgan fingerprint density at radius 1 is 1.12 bits per heavy atom. The zero-order valence-corrected chi connectivity index (χ0v) is 13.6. The van der Waals surface area contributed by atoms with Crippen LogP contribution in [-0.4, -0.2) is 26.7 Å². The van der Waals surface area contributed by atoms with E-state index >= 15 is 0 Å². The number of hydrogen-bond donors (Lipinski definition) is 1. The highest BCUT2D eigenvalue weighted by Crippen LogP contribution is 2.17. The van der Waals surface area contributed by atoms with Gasteiger partial charge in [0.25, 0.3) is 5.56 Å². The molecule has 0 saturated carbocycles. The number of hydrogen-bond acceptors (Lipinski definition) is 4. The molecule has 25 heavy (non-hydrogen) atoms. The molecule has 4 aromatic rings. The van der Waals surface area contributed by atoms with Crippen LogP contribution in [0.4, 0.5) is 0 Å². The quantitative estimate of drug-likeness (QED) is 0.624. The summed E-state index contributed by atoms with van der Waals surface area (Å²) in [6.45, 7) is 0. The normalized spacial score (nSPS) is 10.9. The molecule has 0 aliphatic rings. The van der Waals surface area contributed by atoms with Crippen molar-refractivity contribution in [2.24, 2.45) is 0 Å². The predicted octanol–water partition coefficient (Wildman–Crippen LogP) is 2.68. The van der Waals surface area contributed by atoms with Gasteiger partial charge < -0.3 is 4.74 Å². The van der Waals surface area contributed by atoms with Gasteiger partial charge in [-0.15, -0.1) is 0 Å². The maximum atomic E-state index is 12.4. The monoisotopic (exact) mass is 332 g/mol. The van der Waals surface area contributed by atoms with Gasteiger partial charge in [-0.2, -0.15) is 0 Å². The number of ether oxygens (including phenoxy) is 1. The van der Waals surface area contributed by atoms with E-state index in [4.69, 9.17) is 4.74 Å². The summed E-state index contributed by atoms with van der Waals surface area (Å²) in [5, 5.41) is 3.05. The highest BCUT2D eigenvalue weighted by molar-refractivity contribution is 5.60. The van der Waals surface area contributed by atoms with E-state index in [0.29, 0.717) is 12.1 Å². The number of aromatic amines is 1. The summed E-state index contributed by atoms with van der Waals surface area (Å²) >= 11 is 0. The van der Waals surface area contributed by atoms with Gasteiger partial charge in [0.2, 0.25) is 0 Å². The van der Waals surface area contributed by atoms with Crippen molar-refractivity contribution < 1.29 is 4.74 Å². The number of aromatic nitrogens is 4. The van der Waals surface area contributed by atoms with E-state index < -0.39 is 0 Å². The Kier molecular flexibility index (Phi) is 3.78. The Bertz CT molecular complexity index is 1070. The van der Waals surface area contributed by atoms with Crippen molar-refractivity contribution in [3.8, 4) is 17.1 Å². The van der Waals surface area contributed by atoms with Gasteiger partial charge in [0.1, 0.15) is 5.75 Å². The predicted molar refractivity (Wildman–Crippen MR) is 94.8 cm³/mol. The van der Waals surface area contributed by atoms with Crippen LogP contribution in [0.3, 0.4) is 0 Å². The summed E-state index contributed by atoms with van der Waals surface area (Å²) in [5.41, 5.74) is 3.75. The van der Waals surface area contributed by atoms with Gasteiger partial charge in [-0.3, -0.25) is 14.9 Å². The summed E-state index contributed by atoms with van der Waals surface area (Å²) in [4.78, 5) is 21.3. The maximum Gasteiger partial charge on any atom is 0.272 e. The number of nitrogens with one attached hydrogen (secondary N) is 1. The molecular weight excluding hydrogens is 316 g/mol. The molecule has 0 unspecified atom stereocenters. The molecule has 4 rings (SSSR count). The molecule has 1 N–H and O–H groups in total. The van der Waals surface area contributed by atoms with E-state index in [2.05, 4.69) is 15.1 Å². The first-order chi connectivity index (χ1) is 12.2. The minimum Gasteiger partial charge on any atom is -0.497 e. The van der Waals surface area contributed by atoms with E-state index in [9.17, 15) is 4.79 Å². The van der Waals surface area contributed by atoms with Gasteiger partial charge in [0.15, 0.2) is 5.65 Å². The van der Waals surface area contributed by atoms with Gasteiger partial charge in [-0.05, 0) is 29.8 Å². The molecule has 124 valence electrons. The van der Waals surface area contributed by atoms with Crippen LogP contribution < -0.4 is 10.3 Å². The average molecular weight is 332 g/mol. The van der Waals surface area contributed by atoms with Crippen LogP contribution >= 0.6 is 0 Å². The fourth-order valence-electron chi connectivity index (χ4n) is 2.74. The lowest BCUT2D eigenvalue weighted by Gasteiger charge is -2.03. The smallest absolute Gasteiger partial charge is 0.272 e. The van der Waals surface area contributed by atoms with Crippen LogP contribution in [-0.2, 0) is 6.42 Å². The highest BCUT2D eigenvalue weighted by Gasteiger charge is 2.09. The first kappa shape index (κ1) is 15.1. The Labute approximate surface area is 143 Å². The standard InChI is InChI=1S/C19H16N4O2/c1-25-15-7-5-13(6-8-15)10-14-11-19(24)23-18(21-14)12-17(22-23)16-4-2-3-9-20-16/h2-9,11-12,22H,10H2,1H3. The lowest BCUT2D eigenvalue weighted by molar-refractivity contribution is 0.414. The number of fused-ring (bicyclic) bond motifs is 1. The number of rotatable bonds is 4. The molecule has 0 fully saturated rings. The lowest BCUT2D eigenvalue weighted by Crippen LogP contribution is -2.15. The van der Waals surface area contributed by atoms with E-state index in [0.717, 1.165) is 28.4 Å². The van der Waals surface area contributed by atoms with Gasteiger partial charge in [-0.25, -0.2) is 9.50 Å². The summed E-state index contributed by atoms with van der Waals surface area (Å²) < 4.78 is 6.59. The van der Waals surface area contributed by atoms with Crippen LogP contribution in [0, 0.1) is 0 Å². The second-order valence-electron chi connectivity index (χ2n) is 5.69. The minimum atomic E-state index is -0.143. The van der Waals surface area contributed by atoms with Crippen LogP contribution in [0.15, 0.2) is 65.6 Å². The van der Waals surface area contributed by atoms with Gasteiger partial charge >= 0.3 is 0 Å². The van der Waals surface area contributed by atoms with E-state index in [-0.39, 0.29) is 5.56 Å². The first-order valence-electron chi connectivity index (χ1n) is 7.89. The number of benzene rings is 1. The maximum absolute atomic E-state index is 12.4. The summed E-state index contributed by atoms with van der Waals surface area (Å²) in [6, 6.07) is 16.8. The molecule has 3 aromatic heterocycles. The number of nitrogens with zero attached hydrogens (tertiary/aromatic N) is 3. The molecule has 0 aliphatic carbocycles. The number of pyridine rings is 1. The molecule has 0 radical (unpaired) electrons. The third-order valence-corrected chi connectivity index (χ3v) is 3.99. The summed E-state index contributed by atoms with van der Waals surface area (Å²) in [5.74, 6) is 0.804. The largest absolute Gasteiger partial charge is 0.497 e. The third-order valence-electron chi connectivity index (χ3n) is 3.99. The van der Waals surface area contributed by atoms with Crippen molar-refractivity contribution in [3.63, 3.8) is 0 Å². The van der Waals surface area contributed by atoms with Crippen molar-refractivity contribution in [3.05, 3.63) is 82.4 Å². The fraction of sp³-hybridized carbons (Fsp3) is 0.105. The third kappa shape index (κ3) is 3.01. The molecule has 6 heteroatoms. The average Bonchev–Trinajstić information content (AvgIpc) is 3.08. The molecule has 0 aliphatic heterocycles. The van der Waals surface area contributed by atoms with E-state index in [1.807, 2.05) is 48.5 Å². The molecule has 0 saturated heterocycles. The van der Waals surface area contributed by atoms with Crippen molar-refractivity contribution >= 4 is 5.65 Å². The zero-order chi connectivity index (χ0) is 17.2. The molecular formula is C19H16N4O2. The fourth-order valence-corrected chi connectivity index (χ4v) is 2.74. The molecule has 0 spiro atoms. The van der Waals surface area contributed by atoms with Gasteiger partial charge in [-0.1, -0.05) is 18.2 Å². The van der Waals surface area contributed by atoms with Crippen LogP contribution in [0.25, 0.3) is 17.0 Å². The molecule has 6 nitrogen and oxygen atoms in total. The zero-order valence-electron chi connectivity index (χ0n) is 13.6. The Balaban J connectivity index is 1.70. The van der Waals surface area contributed by atoms with Crippen LogP contribution in [0.1, 0.15) is 11.3 Å². The van der Waals surface area contributed by atoms with Gasteiger partial charge in [0, 0.05) is 24.8 Å². The van der Waals surface area contributed by atoms with Crippen molar-refractivity contribution in [1.29, 1.82) is 0 Å². The second-order valence-corrected chi connectivity index (χ2v) is 5.69. The highest BCUT2D eigenvalue weighted by atomic mass is 16.5. The number of H-pyrrole nitrogens is 1. The molecule has 0 atom stereocenters. The molecule has 0 bridgehead atoms. The Morgan fingerprint density at radius 3 is 2.68 bits per heavy atom.